The molecule has 1 aliphatic heterocycles. The highest BCUT2D eigenvalue weighted by Gasteiger charge is 2.17. The summed E-state index contributed by atoms with van der Waals surface area (Å²) < 4.78 is 5.37. The molecule has 0 amide bonds. The van der Waals surface area contributed by atoms with Crippen LogP contribution in [0.5, 0.6) is 0 Å². The van der Waals surface area contributed by atoms with Crippen LogP contribution < -0.4 is 0 Å². The third kappa shape index (κ3) is 2.44. The fraction of sp³-hybridized carbons (Fsp3) is 0.333. The minimum Gasteiger partial charge on any atom is -0.478 e. The zero-order valence-corrected chi connectivity index (χ0v) is 10.5. The van der Waals surface area contributed by atoms with E-state index in [1.165, 1.54) is 6.20 Å². The van der Waals surface area contributed by atoms with Crippen molar-refractivity contribution in [2.24, 2.45) is 5.92 Å². The van der Waals surface area contributed by atoms with Gasteiger partial charge in [-0.25, -0.2) is 4.79 Å². The molecule has 19 heavy (non-hydrogen) atoms. The second-order valence-electron chi connectivity index (χ2n) is 4.95. The summed E-state index contributed by atoms with van der Waals surface area (Å²) in [6.45, 7) is 1.64. The van der Waals surface area contributed by atoms with Gasteiger partial charge in [-0.3, -0.25) is 4.98 Å². The normalized spacial score (nSPS) is 18.8. The van der Waals surface area contributed by atoms with E-state index in [1.807, 2.05) is 18.2 Å². The molecule has 0 unspecified atom stereocenters. The molecule has 98 valence electrons. The number of rotatable bonds is 3. The van der Waals surface area contributed by atoms with Crippen molar-refractivity contribution >= 4 is 16.9 Å². The molecule has 4 heteroatoms. The lowest BCUT2D eigenvalue weighted by Crippen LogP contribution is -2.04. The molecule has 1 aromatic heterocycles. The van der Waals surface area contributed by atoms with Gasteiger partial charge in [0.25, 0.3) is 0 Å². The van der Waals surface area contributed by atoms with Crippen molar-refractivity contribution in [1.29, 1.82) is 0 Å². The minimum absolute atomic E-state index is 0.314. The molecule has 4 nitrogen and oxygen atoms in total. The van der Waals surface area contributed by atoms with Crippen molar-refractivity contribution in [1.82, 2.24) is 4.98 Å². The van der Waals surface area contributed by atoms with Gasteiger partial charge in [0.15, 0.2) is 0 Å². The van der Waals surface area contributed by atoms with E-state index in [4.69, 9.17) is 4.74 Å². The van der Waals surface area contributed by atoms with Crippen molar-refractivity contribution in [2.75, 3.05) is 13.2 Å². The number of hydrogen-bond donors (Lipinski definition) is 1. The Morgan fingerprint density at radius 1 is 1.42 bits per heavy atom. The first-order valence-electron chi connectivity index (χ1n) is 6.43. The van der Waals surface area contributed by atoms with Gasteiger partial charge < -0.3 is 9.84 Å². The van der Waals surface area contributed by atoms with Gasteiger partial charge in [0, 0.05) is 24.8 Å². The van der Waals surface area contributed by atoms with Gasteiger partial charge in [-0.2, -0.15) is 0 Å². The lowest BCUT2D eigenvalue weighted by atomic mass is 9.96. The predicted molar refractivity (Wildman–Crippen MR) is 71.3 cm³/mol. The average molecular weight is 257 g/mol. The lowest BCUT2D eigenvalue weighted by Gasteiger charge is -2.09. The summed E-state index contributed by atoms with van der Waals surface area (Å²) in [5.41, 5.74) is 2.19. The summed E-state index contributed by atoms with van der Waals surface area (Å²) in [5.74, 6) is -0.365. The molecule has 0 saturated carbocycles. The molecule has 2 heterocycles. The Bertz CT molecular complexity index is 618. The molecular weight excluding hydrogens is 242 g/mol. The number of carbonyl (C=O) groups is 1. The van der Waals surface area contributed by atoms with Crippen LogP contribution in [0.25, 0.3) is 10.9 Å². The SMILES string of the molecule is O=C(O)c1ccnc2ccc(C[C@@H]3CCOC3)cc12. The number of fused-ring (bicyclic) bond motifs is 1. The number of aromatic carboxylic acids is 1. The molecule has 3 rings (SSSR count). The highest BCUT2D eigenvalue weighted by atomic mass is 16.5. The molecule has 0 spiro atoms. The fourth-order valence-corrected chi connectivity index (χ4v) is 2.58. The highest BCUT2D eigenvalue weighted by Crippen LogP contribution is 2.23. The number of carboxylic acids is 1. The molecular formula is C15H15NO3. The Morgan fingerprint density at radius 2 is 2.32 bits per heavy atom. The number of aromatic nitrogens is 1. The van der Waals surface area contributed by atoms with Crippen LogP contribution in [0.1, 0.15) is 22.3 Å². The first-order valence-corrected chi connectivity index (χ1v) is 6.43. The molecule has 0 bridgehead atoms. The monoisotopic (exact) mass is 257 g/mol. The van der Waals surface area contributed by atoms with Gasteiger partial charge in [0.05, 0.1) is 11.1 Å². The van der Waals surface area contributed by atoms with Crippen LogP contribution >= 0.6 is 0 Å². The number of benzene rings is 1. The van der Waals surface area contributed by atoms with E-state index in [1.54, 1.807) is 6.07 Å². The Labute approximate surface area is 111 Å². The van der Waals surface area contributed by atoms with E-state index in [2.05, 4.69) is 4.98 Å². The van der Waals surface area contributed by atoms with E-state index in [0.29, 0.717) is 16.9 Å². The number of carboxylic acid groups (broad SMARTS) is 1. The van der Waals surface area contributed by atoms with Crippen LogP contribution in [0, 0.1) is 5.92 Å². The van der Waals surface area contributed by atoms with Crippen LogP contribution in [0.15, 0.2) is 30.5 Å². The van der Waals surface area contributed by atoms with Gasteiger partial charge in [0.1, 0.15) is 0 Å². The van der Waals surface area contributed by atoms with Gasteiger partial charge in [-0.1, -0.05) is 6.07 Å². The van der Waals surface area contributed by atoms with Crippen LogP contribution in [0.4, 0.5) is 0 Å². The Kier molecular flexibility index (Phi) is 3.17. The summed E-state index contributed by atoms with van der Waals surface area (Å²) in [4.78, 5) is 15.4. The van der Waals surface area contributed by atoms with Gasteiger partial charge in [-0.05, 0) is 42.5 Å². The maximum Gasteiger partial charge on any atom is 0.336 e. The third-order valence-electron chi connectivity index (χ3n) is 3.58. The average Bonchev–Trinajstić information content (AvgIpc) is 2.90. The molecule has 1 fully saturated rings. The van der Waals surface area contributed by atoms with Crippen LogP contribution in [-0.2, 0) is 11.2 Å². The van der Waals surface area contributed by atoms with Gasteiger partial charge in [0.2, 0.25) is 0 Å². The fourth-order valence-electron chi connectivity index (χ4n) is 2.58. The van der Waals surface area contributed by atoms with Crippen molar-refractivity contribution < 1.29 is 14.6 Å². The number of ether oxygens (including phenoxy) is 1. The van der Waals surface area contributed by atoms with Gasteiger partial charge >= 0.3 is 5.97 Å². The van der Waals surface area contributed by atoms with E-state index >= 15 is 0 Å². The summed E-state index contributed by atoms with van der Waals surface area (Å²) in [5, 5.41) is 9.92. The zero-order chi connectivity index (χ0) is 13.2. The third-order valence-corrected chi connectivity index (χ3v) is 3.58. The number of nitrogens with zero attached hydrogens (tertiary/aromatic N) is 1. The van der Waals surface area contributed by atoms with E-state index in [-0.39, 0.29) is 0 Å². The molecule has 1 aromatic carbocycles. The smallest absolute Gasteiger partial charge is 0.336 e. The molecule has 2 aromatic rings. The van der Waals surface area contributed by atoms with E-state index < -0.39 is 5.97 Å². The summed E-state index contributed by atoms with van der Waals surface area (Å²) >= 11 is 0. The highest BCUT2D eigenvalue weighted by molar-refractivity contribution is 6.02. The quantitative estimate of drug-likeness (QED) is 0.917. The topological polar surface area (TPSA) is 59.4 Å². The molecule has 1 aliphatic rings. The van der Waals surface area contributed by atoms with Crippen LogP contribution in [0.2, 0.25) is 0 Å². The Balaban J connectivity index is 1.98. The largest absolute Gasteiger partial charge is 0.478 e. The summed E-state index contributed by atoms with van der Waals surface area (Å²) in [6.07, 6.45) is 3.55. The van der Waals surface area contributed by atoms with E-state index in [0.717, 1.165) is 37.1 Å². The standard InChI is InChI=1S/C15H15NO3/c17-15(18)12-3-5-16-14-2-1-10(8-13(12)14)7-11-4-6-19-9-11/h1-3,5,8,11H,4,6-7,9H2,(H,17,18)/t11-/m0/s1. The summed E-state index contributed by atoms with van der Waals surface area (Å²) in [7, 11) is 0. The van der Waals surface area contributed by atoms with Crippen molar-refractivity contribution in [2.45, 2.75) is 12.8 Å². The Morgan fingerprint density at radius 3 is 3.05 bits per heavy atom. The predicted octanol–water partition coefficient (Wildman–Crippen LogP) is 2.51. The zero-order valence-electron chi connectivity index (χ0n) is 10.5. The maximum absolute atomic E-state index is 11.2. The number of hydrogen-bond acceptors (Lipinski definition) is 3. The van der Waals surface area contributed by atoms with Crippen molar-refractivity contribution in [3.63, 3.8) is 0 Å². The molecule has 0 radical (unpaired) electrons. The first-order chi connectivity index (χ1) is 9.24. The number of pyridine rings is 1. The maximum atomic E-state index is 11.2. The minimum atomic E-state index is -0.909. The second-order valence-corrected chi connectivity index (χ2v) is 4.95. The first kappa shape index (κ1) is 12.1. The second kappa shape index (κ2) is 4.97. The van der Waals surface area contributed by atoms with Crippen molar-refractivity contribution in [3.05, 3.63) is 41.6 Å². The molecule has 0 aliphatic carbocycles. The van der Waals surface area contributed by atoms with Gasteiger partial charge in [-0.15, -0.1) is 0 Å². The van der Waals surface area contributed by atoms with Crippen LogP contribution in [-0.4, -0.2) is 29.3 Å². The van der Waals surface area contributed by atoms with E-state index in [9.17, 15) is 9.90 Å². The summed E-state index contributed by atoms with van der Waals surface area (Å²) in [6, 6.07) is 7.42. The van der Waals surface area contributed by atoms with Crippen LogP contribution in [0.3, 0.4) is 0 Å². The lowest BCUT2D eigenvalue weighted by molar-refractivity contribution is 0.0699. The Hall–Kier alpha value is -1.94. The molecule has 1 N–H and O–H groups in total. The molecule has 1 atom stereocenters. The molecule has 1 saturated heterocycles. The van der Waals surface area contributed by atoms with Crippen molar-refractivity contribution in [3.8, 4) is 0 Å².